The van der Waals surface area contributed by atoms with Gasteiger partial charge in [0, 0.05) is 5.56 Å². The Balaban J connectivity index is 2.94. The molecule has 5 heteroatoms. The van der Waals surface area contributed by atoms with Crippen LogP contribution in [-0.2, 0) is 0 Å². The molecule has 18 heavy (non-hydrogen) atoms. The lowest BCUT2D eigenvalue weighted by Gasteiger charge is -2.21. The average molecular weight is 262 g/mol. The number of aliphatic hydroxyl groups excluding tert-OH is 1. The van der Waals surface area contributed by atoms with Crippen molar-refractivity contribution in [2.45, 2.75) is 39.2 Å². The highest BCUT2D eigenvalue weighted by Gasteiger charge is 2.33. The van der Waals surface area contributed by atoms with Gasteiger partial charge in [0.2, 0.25) is 0 Å². The molecule has 0 saturated carbocycles. The molecule has 0 fully saturated rings. The maximum atomic E-state index is 12.2. The van der Waals surface area contributed by atoms with Crippen molar-refractivity contribution in [3.8, 4) is 5.75 Å². The van der Waals surface area contributed by atoms with Crippen molar-refractivity contribution in [1.29, 1.82) is 0 Å². The third kappa shape index (κ3) is 4.22. The van der Waals surface area contributed by atoms with E-state index in [-0.39, 0.29) is 17.2 Å². The topological polar surface area (TPSA) is 29.5 Å². The molecular formula is C13H17F3O2. The van der Waals surface area contributed by atoms with Crippen LogP contribution in [0.25, 0.3) is 0 Å². The summed E-state index contributed by atoms with van der Waals surface area (Å²) in [6, 6.07) is 5.70. The minimum Gasteiger partial charge on any atom is -0.405 e. The summed E-state index contributed by atoms with van der Waals surface area (Å²) < 4.78 is 40.6. The van der Waals surface area contributed by atoms with Gasteiger partial charge in [0.25, 0.3) is 0 Å². The van der Waals surface area contributed by atoms with Crippen LogP contribution in [-0.4, -0.2) is 11.5 Å². The molecule has 0 aliphatic carbocycles. The third-order valence-corrected chi connectivity index (χ3v) is 2.75. The predicted molar refractivity (Wildman–Crippen MR) is 62.2 cm³/mol. The van der Waals surface area contributed by atoms with E-state index in [1.54, 1.807) is 13.0 Å². The average Bonchev–Trinajstić information content (AvgIpc) is 2.27. The van der Waals surface area contributed by atoms with E-state index in [0.717, 1.165) is 12.8 Å². The highest BCUT2D eigenvalue weighted by atomic mass is 19.4. The zero-order valence-electron chi connectivity index (χ0n) is 10.4. The summed E-state index contributed by atoms with van der Waals surface area (Å²) in [6.07, 6.45) is -4.10. The Labute approximate surface area is 104 Å². The van der Waals surface area contributed by atoms with Gasteiger partial charge >= 0.3 is 6.36 Å². The summed E-state index contributed by atoms with van der Waals surface area (Å²) in [5.41, 5.74) is 0.177. The Bertz CT molecular complexity index is 377. The first-order chi connectivity index (χ1) is 8.35. The lowest BCUT2D eigenvalue weighted by atomic mass is 9.93. The lowest BCUT2D eigenvalue weighted by Crippen LogP contribution is -2.19. The van der Waals surface area contributed by atoms with Crippen LogP contribution in [0.1, 0.15) is 38.4 Å². The quantitative estimate of drug-likeness (QED) is 0.867. The van der Waals surface area contributed by atoms with Gasteiger partial charge in [-0.3, -0.25) is 0 Å². The summed E-state index contributed by atoms with van der Waals surface area (Å²) in [5.74, 6) is -0.451. The first-order valence-electron chi connectivity index (χ1n) is 5.88. The molecule has 1 rings (SSSR count). The molecule has 0 amide bonds. The monoisotopic (exact) mass is 262 g/mol. The van der Waals surface area contributed by atoms with E-state index in [1.165, 1.54) is 18.2 Å². The fraction of sp³-hybridized carbons (Fsp3) is 0.538. The van der Waals surface area contributed by atoms with Crippen LogP contribution in [0.4, 0.5) is 13.2 Å². The first kappa shape index (κ1) is 14.8. The molecule has 0 aromatic heterocycles. The predicted octanol–water partition coefficient (Wildman–Crippen LogP) is 4.05. The second-order valence-electron chi connectivity index (χ2n) is 4.30. The SMILES string of the molecule is CCCC(C)C(O)c1ccccc1OC(F)(F)F. The molecule has 1 aromatic rings. The second kappa shape index (κ2) is 6.09. The molecule has 0 radical (unpaired) electrons. The van der Waals surface area contributed by atoms with E-state index in [0.29, 0.717) is 0 Å². The second-order valence-corrected chi connectivity index (χ2v) is 4.30. The van der Waals surface area contributed by atoms with Crippen molar-refractivity contribution in [1.82, 2.24) is 0 Å². The Kier molecular flexibility index (Phi) is 5.02. The molecular weight excluding hydrogens is 245 g/mol. The van der Waals surface area contributed by atoms with E-state index in [2.05, 4.69) is 4.74 Å². The van der Waals surface area contributed by atoms with Gasteiger partial charge in [0.15, 0.2) is 0 Å². The molecule has 0 aliphatic heterocycles. The van der Waals surface area contributed by atoms with Gasteiger partial charge in [-0.1, -0.05) is 38.5 Å². The molecule has 0 saturated heterocycles. The number of benzene rings is 1. The van der Waals surface area contributed by atoms with Crippen molar-refractivity contribution < 1.29 is 23.0 Å². The highest BCUT2D eigenvalue weighted by molar-refractivity contribution is 5.35. The summed E-state index contributed by atoms with van der Waals surface area (Å²) in [6.45, 7) is 3.76. The summed E-state index contributed by atoms with van der Waals surface area (Å²) in [5, 5.41) is 10.1. The van der Waals surface area contributed by atoms with Crippen molar-refractivity contribution >= 4 is 0 Å². The van der Waals surface area contributed by atoms with Crippen LogP contribution < -0.4 is 4.74 Å². The van der Waals surface area contributed by atoms with Gasteiger partial charge in [-0.05, 0) is 18.4 Å². The maximum absolute atomic E-state index is 12.2. The van der Waals surface area contributed by atoms with E-state index in [9.17, 15) is 18.3 Å². The van der Waals surface area contributed by atoms with Gasteiger partial charge in [-0.25, -0.2) is 0 Å². The number of rotatable bonds is 5. The molecule has 1 N–H and O–H groups in total. The molecule has 0 aliphatic rings. The molecule has 102 valence electrons. The normalized spacial score (nSPS) is 15.2. The summed E-state index contributed by atoms with van der Waals surface area (Å²) in [7, 11) is 0. The van der Waals surface area contributed by atoms with Gasteiger partial charge in [-0.15, -0.1) is 13.2 Å². The molecule has 0 heterocycles. The van der Waals surface area contributed by atoms with Crippen molar-refractivity contribution in [2.75, 3.05) is 0 Å². The number of hydrogen-bond acceptors (Lipinski definition) is 2. The van der Waals surface area contributed by atoms with Gasteiger partial charge in [-0.2, -0.15) is 0 Å². The van der Waals surface area contributed by atoms with Crippen LogP contribution in [0.5, 0.6) is 5.75 Å². The smallest absolute Gasteiger partial charge is 0.405 e. The number of aliphatic hydroxyl groups is 1. The summed E-state index contributed by atoms with van der Waals surface area (Å²) in [4.78, 5) is 0. The van der Waals surface area contributed by atoms with E-state index in [1.807, 2.05) is 6.92 Å². The van der Waals surface area contributed by atoms with Crippen LogP contribution in [0.3, 0.4) is 0 Å². The van der Waals surface area contributed by atoms with Crippen LogP contribution in [0.2, 0.25) is 0 Å². The number of ether oxygens (including phenoxy) is 1. The molecule has 2 nitrogen and oxygen atoms in total. The zero-order valence-corrected chi connectivity index (χ0v) is 10.4. The van der Waals surface area contributed by atoms with Crippen molar-refractivity contribution in [3.05, 3.63) is 29.8 Å². The molecule has 1 aromatic carbocycles. The first-order valence-corrected chi connectivity index (χ1v) is 5.88. The largest absolute Gasteiger partial charge is 0.573 e. The maximum Gasteiger partial charge on any atom is 0.573 e. The fourth-order valence-corrected chi connectivity index (χ4v) is 1.86. The highest BCUT2D eigenvalue weighted by Crippen LogP contribution is 2.34. The van der Waals surface area contributed by atoms with Crippen LogP contribution >= 0.6 is 0 Å². The Hall–Kier alpha value is -1.23. The van der Waals surface area contributed by atoms with Crippen LogP contribution in [0, 0.1) is 5.92 Å². The Morgan fingerprint density at radius 1 is 1.28 bits per heavy atom. The van der Waals surface area contributed by atoms with Gasteiger partial charge in [0.05, 0.1) is 6.10 Å². The lowest BCUT2D eigenvalue weighted by molar-refractivity contribution is -0.275. The number of hydrogen-bond donors (Lipinski definition) is 1. The number of alkyl halides is 3. The minimum atomic E-state index is -4.75. The van der Waals surface area contributed by atoms with E-state index >= 15 is 0 Å². The van der Waals surface area contributed by atoms with Crippen LogP contribution in [0.15, 0.2) is 24.3 Å². The van der Waals surface area contributed by atoms with Gasteiger partial charge in [0.1, 0.15) is 5.75 Å². The summed E-state index contributed by atoms with van der Waals surface area (Å²) >= 11 is 0. The van der Waals surface area contributed by atoms with E-state index < -0.39 is 12.5 Å². The Morgan fingerprint density at radius 3 is 2.44 bits per heavy atom. The molecule has 2 unspecified atom stereocenters. The number of halogens is 3. The zero-order chi connectivity index (χ0) is 13.8. The standard InChI is InChI=1S/C13H17F3O2/c1-3-6-9(2)12(17)10-7-4-5-8-11(10)18-13(14,15)16/h4-5,7-9,12,17H,3,6H2,1-2H3. The molecule has 0 spiro atoms. The van der Waals surface area contributed by atoms with Crippen molar-refractivity contribution in [3.63, 3.8) is 0 Å². The Morgan fingerprint density at radius 2 is 1.89 bits per heavy atom. The number of para-hydroxylation sites is 1. The molecule has 2 atom stereocenters. The van der Waals surface area contributed by atoms with Gasteiger partial charge < -0.3 is 9.84 Å². The minimum absolute atomic E-state index is 0.118. The molecule has 0 bridgehead atoms. The van der Waals surface area contributed by atoms with Crippen molar-refractivity contribution in [2.24, 2.45) is 5.92 Å². The third-order valence-electron chi connectivity index (χ3n) is 2.75. The fourth-order valence-electron chi connectivity index (χ4n) is 1.86. The van der Waals surface area contributed by atoms with E-state index in [4.69, 9.17) is 0 Å².